The van der Waals surface area contributed by atoms with Crippen LogP contribution < -0.4 is 5.43 Å². The third-order valence-electron chi connectivity index (χ3n) is 2.68. The quantitative estimate of drug-likeness (QED) is 0.676. The highest BCUT2D eigenvalue weighted by atomic mass is 16.4. The maximum absolute atomic E-state index is 10.7. The molecule has 1 rings (SSSR count). The fourth-order valence-corrected chi connectivity index (χ4v) is 1.73. The van der Waals surface area contributed by atoms with Crippen molar-refractivity contribution in [2.75, 3.05) is 19.6 Å². The van der Waals surface area contributed by atoms with E-state index in [2.05, 4.69) is 10.4 Å². The molecule has 0 spiro atoms. The Kier molecular flexibility index (Phi) is 5.36. The lowest BCUT2D eigenvalue weighted by Gasteiger charge is -2.26. The summed E-state index contributed by atoms with van der Waals surface area (Å²) in [5.41, 5.74) is 3.72. The van der Waals surface area contributed by atoms with Gasteiger partial charge in [0.1, 0.15) is 0 Å². The van der Waals surface area contributed by atoms with Gasteiger partial charge in [-0.15, -0.1) is 0 Å². The van der Waals surface area contributed by atoms with Crippen LogP contribution in [0.3, 0.4) is 0 Å². The van der Waals surface area contributed by atoms with E-state index in [1.165, 1.54) is 19.3 Å². The molecule has 0 aromatic carbocycles. The van der Waals surface area contributed by atoms with Gasteiger partial charge in [-0.3, -0.25) is 5.43 Å². The highest BCUT2D eigenvalue weighted by molar-refractivity contribution is 5.86. The number of nitrogens with one attached hydrogen (secondary N) is 1. The topological polar surface area (TPSA) is 52.6 Å². The van der Waals surface area contributed by atoms with E-state index in [9.17, 15) is 4.79 Å². The van der Waals surface area contributed by atoms with Crippen molar-refractivity contribution in [3.63, 3.8) is 0 Å². The molecular formula is C11H20N2O2. The molecule has 4 nitrogen and oxygen atoms in total. The number of rotatable bonds is 5. The zero-order valence-corrected chi connectivity index (χ0v) is 9.33. The summed E-state index contributed by atoms with van der Waals surface area (Å²) in [6.07, 6.45) is 6.11. The summed E-state index contributed by atoms with van der Waals surface area (Å²) >= 11 is 0. The van der Waals surface area contributed by atoms with Crippen LogP contribution in [-0.2, 0) is 4.79 Å². The Balaban J connectivity index is 2.26. The van der Waals surface area contributed by atoms with E-state index < -0.39 is 5.97 Å². The molecule has 2 N–H and O–H groups in total. The summed E-state index contributed by atoms with van der Waals surface area (Å²) in [5, 5.41) is 11.0. The summed E-state index contributed by atoms with van der Waals surface area (Å²) in [6, 6.07) is 0. The predicted molar refractivity (Wildman–Crippen MR) is 59.4 cm³/mol. The van der Waals surface area contributed by atoms with Gasteiger partial charge in [0.05, 0.1) is 0 Å². The molecule has 0 aliphatic carbocycles. The fourth-order valence-electron chi connectivity index (χ4n) is 1.73. The van der Waals surface area contributed by atoms with Gasteiger partial charge in [0.25, 0.3) is 0 Å². The zero-order chi connectivity index (χ0) is 11.1. The molecule has 0 amide bonds. The number of piperidine rings is 1. The standard InChI is InChI=1S/C11H20N2O2/c1-2-10(11(14)15)6-7-12-13-8-4-3-5-9-13/h6,12H,2-5,7-9H2,1H3,(H,14,15). The Hall–Kier alpha value is -0.870. The largest absolute Gasteiger partial charge is 0.478 e. The van der Waals surface area contributed by atoms with Crippen molar-refractivity contribution in [2.24, 2.45) is 0 Å². The molecule has 0 aromatic rings. The Morgan fingerprint density at radius 1 is 1.40 bits per heavy atom. The Bertz CT molecular complexity index is 233. The van der Waals surface area contributed by atoms with Gasteiger partial charge in [-0.25, -0.2) is 9.80 Å². The van der Waals surface area contributed by atoms with Gasteiger partial charge < -0.3 is 5.11 Å². The lowest BCUT2D eigenvalue weighted by molar-refractivity contribution is -0.132. The average molecular weight is 212 g/mol. The van der Waals surface area contributed by atoms with Crippen LogP contribution >= 0.6 is 0 Å². The van der Waals surface area contributed by atoms with Crippen LogP contribution in [0.25, 0.3) is 0 Å². The van der Waals surface area contributed by atoms with Crippen LogP contribution in [-0.4, -0.2) is 35.7 Å². The lowest BCUT2D eigenvalue weighted by atomic mass is 10.2. The van der Waals surface area contributed by atoms with E-state index in [-0.39, 0.29) is 0 Å². The molecule has 0 bridgehead atoms. The normalized spacial score (nSPS) is 19.1. The van der Waals surface area contributed by atoms with Crippen LogP contribution in [0.5, 0.6) is 0 Å². The maximum atomic E-state index is 10.7. The van der Waals surface area contributed by atoms with Crippen LogP contribution in [0, 0.1) is 0 Å². The SMILES string of the molecule is CCC(=CCNN1CCCCC1)C(=O)O. The van der Waals surface area contributed by atoms with Crippen molar-refractivity contribution in [1.82, 2.24) is 10.4 Å². The van der Waals surface area contributed by atoms with Crippen molar-refractivity contribution in [2.45, 2.75) is 32.6 Å². The first-order chi connectivity index (χ1) is 7.24. The predicted octanol–water partition coefficient (Wildman–Crippen LogP) is 1.40. The van der Waals surface area contributed by atoms with Gasteiger partial charge in [0, 0.05) is 25.2 Å². The summed E-state index contributed by atoms with van der Waals surface area (Å²) in [7, 11) is 0. The Morgan fingerprint density at radius 3 is 2.60 bits per heavy atom. The zero-order valence-electron chi connectivity index (χ0n) is 9.33. The molecule has 0 radical (unpaired) electrons. The molecule has 15 heavy (non-hydrogen) atoms. The second-order valence-electron chi connectivity index (χ2n) is 3.80. The minimum absolute atomic E-state index is 0.486. The number of hydrogen-bond acceptors (Lipinski definition) is 3. The number of hydrogen-bond donors (Lipinski definition) is 2. The number of carboxylic acid groups (broad SMARTS) is 1. The first kappa shape index (κ1) is 12.2. The van der Waals surface area contributed by atoms with Crippen LogP contribution in [0.4, 0.5) is 0 Å². The van der Waals surface area contributed by atoms with Crippen LogP contribution in [0.15, 0.2) is 11.6 Å². The van der Waals surface area contributed by atoms with E-state index in [4.69, 9.17) is 5.11 Å². The number of aliphatic carboxylic acids is 1. The van der Waals surface area contributed by atoms with E-state index in [0.717, 1.165) is 13.1 Å². The third-order valence-corrected chi connectivity index (χ3v) is 2.68. The number of nitrogens with zero attached hydrogens (tertiary/aromatic N) is 1. The van der Waals surface area contributed by atoms with Gasteiger partial charge in [-0.2, -0.15) is 0 Å². The van der Waals surface area contributed by atoms with Gasteiger partial charge in [0.15, 0.2) is 0 Å². The van der Waals surface area contributed by atoms with Crippen LogP contribution in [0.2, 0.25) is 0 Å². The molecule has 1 heterocycles. The first-order valence-electron chi connectivity index (χ1n) is 5.64. The van der Waals surface area contributed by atoms with Gasteiger partial charge >= 0.3 is 5.97 Å². The Labute approximate surface area is 90.9 Å². The molecule has 0 atom stereocenters. The third kappa shape index (κ3) is 4.44. The van der Waals surface area contributed by atoms with Crippen molar-refractivity contribution >= 4 is 5.97 Å². The molecule has 1 saturated heterocycles. The molecule has 0 aromatic heterocycles. The second kappa shape index (κ2) is 6.58. The Morgan fingerprint density at radius 2 is 2.07 bits per heavy atom. The molecule has 0 unspecified atom stereocenters. The minimum Gasteiger partial charge on any atom is -0.478 e. The second-order valence-corrected chi connectivity index (χ2v) is 3.80. The summed E-state index contributed by atoms with van der Waals surface area (Å²) < 4.78 is 0. The average Bonchev–Trinajstić information content (AvgIpc) is 2.25. The molecule has 86 valence electrons. The van der Waals surface area contributed by atoms with Crippen molar-refractivity contribution < 1.29 is 9.90 Å². The number of hydrazine groups is 1. The summed E-state index contributed by atoms with van der Waals surface area (Å²) in [6.45, 7) is 4.63. The fraction of sp³-hybridized carbons (Fsp3) is 0.727. The highest BCUT2D eigenvalue weighted by Crippen LogP contribution is 2.06. The lowest BCUT2D eigenvalue weighted by Crippen LogP contribution is -2.41. The molecule has 0 saturated carbocycles. The van der Waals surface area contributed by atoms with E-state index in [0.29, 0.717) is 18.5 Å². The maximum Gasteiger partial charge on any atom is 0.331 e. The van der Waals surface area contributed by atoms with Gasteiger partial charge in [-0.1, -0.05) is 19.4 Å². The van der Waals surface area contributed by atoms with E-state index >= 15 is 0 Å². The van der Waals surface area contributed by atoms with Gasteiger partial charge in [-0.05, 0) is 19.3 Å². The van der Waals surface area contributed by atoms with Crippen molar-refractivity contribution in [1.29, 1.82) is 0 Å². The number of carbonyl (C=O) groups is 1. The summed E-state index contributed by atoms with van der Waals surface area (Å²) in [5.74, 6) is -0.807. The van der Waals surface area contributed by atoms with Crippen molar-refractivity contribution in [3.8, 4) is 0 Å². The molecule has 1 fully saturated rings. The monoisotopic (exact) mass is 212 g/mol. The smallest absolute Gasteiger partial charge is 0.331 e. The van der Waals surface area contributed by atoms with E-state index in [1.807, 2.05) is 6.92 Å². The first-order valence-corrected chi connectivity index (χ1v) is 5.64. The number of carboxylic acids is 1. The van der Waals surface area contributed by atoms with Crippen LogP contribution in [0.1, 0.15) is 32.6 Å². The minimum atomic E-state index is -0.807. The summed E-state index contributed by atoms with van der Waals surface area (Å²) in [4.78, 5) is 10.7. The molecule has 1 aliphatic rings. The van der Waals surface area contributed by atoms with Crippen molar-refractivity contribution in [3.05, 3.63) is 11.6 Å². The molecular weight excluding hydrogens is 192 g/mol. The molecule has 1 aliphatic heterocycles. The van der Waals surface area contributed by atoms with E-state index in [1.54, 1.807) is 6.08 Å². The van der Waals surface area contributed by atoms with Gasteiger partial charge in [0.2, 0.25) is 0 Å². The highest BCUT2D eigenvalue weighted by Gasteiger charge is 2.08. The molecule has 4 heteroatoms.